The van der Waals surface area contributed by atoms with E-state index >= 15 is 0 Å². The first-order chi connectivity index (χ1) is 29.1. The second-order valence-electron chi connectivity index (χ2n) is 17.9. The monoisotopic (exact) mass is 831 g/mol. The third kappa shape index (κ3) is 48.9. The molecule has 5 heteroatoms. The Kier molecular flexibility index (Phi) is 49.3. The maximum Gasteiger partial charge on any atom is 0.306 e. The minimum atomic E-state index is -0.784. The zero-order chi connectivity index (χ0) is 42.8. The number of ether oxygens (including phenoxy) is 2. The molecule has 0 radical (unpaired) electrons. The number of carbonyl (C=O) groups excluding carboxylic acids is 2. The Morgan fingerprint density at radius 3 is 1.02 bits per heavy atom. The highest BCUT2D eigenvalue weighted by molar-refractivity contribution is 5.70. The van der Waals surface area contributed by atoms with Crippen LogP contribution in [0.4, 0.5) is 0 Å². The smallest absolute Gasteiger partial charge is 0.306 e. The second kappa shape index (κ2) is 50.7. The third-order valence-electron chi connectivity index (χ3n) is 12.0. The predicted octanol–water partition coefficient (Wildman–Crippen LogP) is 17.4. The van der Waals surface area contributed by atoms with Crippen LogP contribution in [0.1, 0.15) is 290 Å². The molecule has 0 amide bonds. The van der Waals surface area contributed by atoms with E-state index in [-0.39, 0.29) is 25.2 Å². The van der Waals surface area contributed by atoms with Gasteiger partial charge in [-0.3, -0.25) is 9.59 Å². The van der Waals surface area contributed by atoms with Gasteiger partial charge in [0.2, 0.25) is 0 Å². The van der Waals surface area contributed by atoms with E-state index in [4.69, 9.17) is 9.47 Å². The number of rotatable bonds is 49. The van der Waals surface area contributed by atoms with Crippen molar-refractivity contribution in [1.29, 1.82) is 0 Å². The largest absolute Gasteiger partial charge is 0.462 e. The lowest BCUT2D eigenvalue weighted by molar-refractivity contribution is -0.161. The van der Waals surface area contributed by atoms with E-state index in [1.807, 2.05) is 0 Å². The van der Waals surface area contributed by atoms with Crippen LogP contribution in [0.3, 0.4) is 0 Å². The molecule has 0 aliphatic rings. The van der Waals surface area contributed by atoms with Crippen LogP contribution in [-0.2, 0) is 19.1 Å². The standard InChI is InChI=1S/C54H102O5/c1-3-5-7-9-11-13-15-17-19-21-23-25-27-29-30-32-34-36-38-40-42-44-46-48-53(56)58-51-52(50-55)59-54(57)49-47-45-43-41-39-37-35-33-31-28-26-24-22-20-18-16-14-12-10-8-6-4-2/h32,34,40,42,52,55H,3-31,33,35-39,41,43-51H2,1-2H3/b34-32+,42-40+/t52-/m0/s1. The van der Waals surface area contributed by atoms with Gasteiger partial charge in [0.1, 0.15) is 6.61 Å². The molecule has 0 aromatic carbocycles. The lowest BCUT2D eigenvalue weighted by Gasteiger charge is -2.15. The second-order valence-corrected chi connectivity index (χ2v) is 17.9. The SMILES string of the molecule is CCCCCCCCCCCCCCCC/C=C/CC/C=C/CCCC(=O)OC[C@H](CO)OC(=O)CCCCCCCCCCCCCCCCCCCCCCCC. The van der Waals surface area contributed by atoms with Gasteiger partial charge in [0.25, 0.3) is 0 Å². The summed E-state index contributed by atoms with van der Waals surface area (Å²) in [6.07, 6.45) is 62.9. The molecule has 0 spiro atoms. The van der Waals surface area contributed by atoms with Crippen LogP contribution in [0, 0.1) is 0 Å². The van der Waals surface area contributed by atoms with E-state index in [0.717, 1.165) is 44.9 Å². The summed E-state index contributed by atoms with van der Waals surface area (Å²) in [5.74, 6) is -0.623. The summed E-state index contributed by atoms with van der Waals surface area (Å²) in [6.45, 7) is 4.16. The molecule has 59 heavy (non-hydrogen) atoms. The number of carbonyl (C=O) groups is 2. The molecule has 0 saturated heterocycles. The Morgan fingerprint density at radius 1 is 0.373 bits per heavy atom. The van der Waals surface area contributed by atoms with Gasteiger partial charge >= 0.3 is 11.9 Å². The molecule has 0 heterocycles. The fourth-order valence-electron chi connectivity index (χ4n) is 7.99. The molecule has 0 aromatic heterocycles. The van der Waals surface area contributed by atoms with Gasteiger partial charge in [-0.2, -0.15) is 0 Å². The fraction of sp³-hybridized carbons (Fsp3) is 0.889. The van der Waals surface area contributed by atoms with Crippen molar-refractivity contribution in [3.8, 4) is 0 Å². The van der Waals surface area contributed by atoms with Crippen molar-refractivity contribution in [2.45, 2.75) is 296 Å². The number of allylic oxidation sites excluding steroid dienone is 4. The lowest BCUT2D eigenvalue weighted by Crippen LogP contribution is -2.28. The van der Waals surface area contributed by atoms with Crippen LogP contribution in [0.15, 0.2) is 24.3 Å². The van der Waals surface area contributed by atoms with Gasteiger partial charge in [-0.05, 0) is 44.9 Å². The molecule has 0 aromatic rings. The maximum atomic E-state index is 12.3. The first kappa shape index (κ1) is 57.4. The van der Waals surface area contributed by atoms with Crippen LogP contribution in [0.5, 0.6) is 0 Å². The van der Waals surface area contributed by atoms with E-state index in [2.05, 4.69) is 38.2 Å². The number of hydrogen-bond acceptors (Lipinski definition) is 5. The van der Waals surface area contributed by atoms with Crippen molar-refractivity contribution < 1.29 is 24.2 Å². The molecule has 348 valence electrons. The number of hydrogen-bond donors (Lipinski definition) is 1. The highest BCUT2D eigenvalue weighted by atomic mass is 16.6. The van der Waals surface area contributed by atoms with Crippen molar-refractivity contribution >= 4 is 11.9 Å². The van der Waals surface area contributed by atoms with Crippen molar-refractivity contribution in [2.75, 3.05) is 13.2 Å². The van der Waals surface area contributed by atoms with Gasteiger partial charge < -0.3 is 14.6 Å². The molecule has 0 aliphatic heterocycles. The van der Waals surface area contributed by atoms with Gasteiger partial charge in [-0.15, -0.1) is 0 Å². The molecular weight excluding hydrogens is 729 g/mol. The van der Waals surface area contributed by atoms with Crippen molar-refractivity contribution in [1.82, 2.24) is 0 Å². The quantitative estimate of drug-likeness (QED) is 0.0376. The van der Waals surface area contributed by atoms with E-state index in [1.165, 1.54) is 218 Å². The number of aliphatic hydroxyl groups is 1. The summed E-state index contributed by atoms with van der Waals surface area (Å²) in [6, 6.07) is 0. The number of esters is 2. The highest BCUT2D eigenvalue weighted by Crippen LogP contribution is 2.17. The van der Waals surface area contributed by atoms with Gasteiger partial charge in [-0.25, -0.2) is 0 Å². The normalized spacial score (nSPS) is 12.3. The first-order valence-electron chi connectivity index (χ1n) is 26.4. The molecule has 5 nitrogen and oxygen atoms in total. The molecule has 0 aliphatic carbocycles. The van der Waals surface area contributed by atoms with E-state index in [9.17, 15) is 14.7 Å². The van der Waals surface area contributed by atoms with E-state index in [1.54, 1.807) is 0 Å². The first-order valence-corrected chi connectivity index (χ1v) is 26.4. The van der Waals surface area contributed by atoms with Crippen LogP contribution in [0.2, 0.25) is 0 Å². The van der Waals surface area contributed by atoms with Gasteiger partial charge in [0.15, 0.2) is 6.10 Å². The maximum absolute atomic E-state index is 12.3. The molecule has 1 N–H and O–H groups in total. The Labute approximate surface area is 368 Å². The Bertz CT molecular complexity index is 897. The minimum absolute atomic E-state index is 0.0814. The summed E-state index contributed by atoms with van der Waals surface area (Å²) in [7, 11) is 0. The van der Waals surface area contributed by atoms with Crippen molar-refractivity contribution in [3.05, 3.63) is 24.3 Å². The van der Waals surface area contributed by atoms with Crippen LogP contribution in [0.25, 0.3) is 0 Å². The van der Waals surface area contributed by atoms with E-state index in [0.29, 0.717) is 12.8 Å². The van der Waals surface area contributed by atoms with Crippen LogP contribution < -0.4 is 0 Å². The van der Waals surface area contributed by atoms with Gasteiger partial charge in [0.05, 0.1) is 6.61 Å². The lowest BCUT2D eigenvalue weighted by atomic mass is 10.0. The summed E-state index contributed by atoms with van der Waals surface area (Å²) in [4.78, 5) is 24.4. The predicted molar refractivity (Wildman–Crippen MR) is 256 cm³/mol. The van der Waals surface area contributed by atoms with Crippen molar-refractivity contribution in [3.63, 3.8) is 0 Å². The van der Waals surface area contributed by atoms with Gasteiger partial charge in [-0.1, -0.05) is 256 Å². The molecule has 0 unspecified atom stereocenters. The Balaban J connectivity index is 3.49. The zero-order valence-electron chi connectivity index (χ0n) is 39.8. The third-order valence-corrected chi connectivity index (χ3v) is 12.0. The Morgan fingerprint density at radius 2 is 0.661 bits per heavy atom. The van der Waals surface area contributed by atoms with Crippen LogP contribution >= 0.6 is 0 Å². The molecule has 0 bridgehead atoms. The summed E-state index contributed by atoms with van der Waals surface area (Å²) < 4.78 is 10.7. The molecule has 0 fully saturated rings. The summed E-state index contributed by atoms with van der Waals surface area (Å²) in [5.41, 5.74) is 0. The molecular formula is C54H102O5. The van der Waals surface area contributed by atoms with E-state index < -0.39 is 6.10 Å². The zero-order valence-corrected chi connectivity index (χ0v) is 39.8. The minimum Gasteiger partial charge on any atom is -0.462 e. The topological polar surface area (TPSA) is 72.8 Å². The van der Waals surface area contributed by atoms with Crippen molar-refractivity contribution in [2.24, 2.45) is 0 Å². The van der Waals surface area contributed by atoms with Crippen LogP contribution in [-0.4, -0.2) is 36.4 Å². The molecule has 0 saturated carbocycles. The number of unbranched alkanes of at least 4 members (excludes halogenated alkanes) is 37. The average Bonchev–Trinajstić information content (AvgIpc) is 3.24. The molecule has 1 atom stereocenters. The highest BCUT2D eigenvalue weighted by Gasteiger charge is 2.16. The Hall–Kier alpha value is -1.62. The number of aliphatic hydroxyl groups excluding tert-OH is 1. The fourth-order valence-corrected chi connectivity index (χ4v) is 7.99. The summed E-state index contributed by atoms with van der Waals surface area (Å²) >= 11 is 0. The molecule has 0 rings (SSSR count). The van der Waals surface area contributed by atoms with Gasteiger partial charge in [0, 0.05) is 12.8 Å². The average molecular weight is 831 g/mol. The summed E-state index contributed by atoms with van der Waals surface area (Å²) in [5, 5.41) is 9.62.